The Hall–Kier alpha value is -1.70. The third kappa shape index (κ3) is 3.73. The van der Waals surface area contributed by atoms with Crippen molar-refractivity contribution in [2.75, 3.05) is 5.32 Å². The number of amides is 1. The van der Waals surface area contributed by atoms with Gasteiger partial charge in [-0.05, 0) is 30.5 Å². The average Bonchev–Trinajstić information content (AvgIpc) is 3.17. The van der Waals surface area contributed by atoms with E-state index in [-0.39, 0.29) is 5.91 Å². The van der Waals surface area contributed by atoms with Gasteiger partial charge < -0.3 is 0 Å². The zero-order valence-electron chi connectivity index (χ0n) is 11.8. The second-order valence-corrected chi connectivity index (χ2v) is 7.68. The van der Waals surface area contributed by atoms with Crippen LogP contribution in [0.5, 0.6) is 0 Å². The number of benzene rings is 1. The van der Waals surface area contributed by atoms with Gasteiger partial charge in [0.15, 0.2) is 0 Å². The maximum absolute atomic E-state index is 12.4. The molecular formula is C15H13N3OS3. The number of aryl methyl sites for hydroxylation is 1. The van der Waals surface area contributed by atoms with Crippen LogP contribution in [0.15, 0.2) is 46.7 Å². The summed E-state index contributed by atoms with van der Waals surface area (Å²) in [5.74, 6) is 0.713. The maximum atomic E-state index is 12.4. The lowest BCUT2D eigenvalue weighted by molar-refractivity contribution is 0.102. The molecular weight excluding hydrogens is 334 g/mol. The first-order valence-electron chi connectivity index (χ1n) is 6.58. The lowest BCUT2D eigenvalue weighted by atomic mass is 10.2. The van der Waals surface area contributed by atoms with Gasteiger partial charge in [0.25, 0.3) is 5.91 Å². The van der Waals surface area contributed by atoms with Crippen LogP contribution in [0.3, 0.4) is 0 Å². The van der Waals surface area contributed by atoms with Crippen LogP contribution >= 0.6 is 34.4 Å². The van der Waals surface area contributed by atoms with Gasteiger partial charge in [-0.1, -0.05) is 29.5 Å². The highest BCUT2D eigenvalue weighted by molar-refractivity contribution is 7.98. The first kappa shape index (κ1) is 15.2. The van der Waals surface area contributed by atoms with E-state index >= 15 is 0 Å². The molecule has 2 heterocycles. The largest absolute Gasteiger partial charge is 0.296 e. The molecule has 112 valence electrons. The number of rotatable bonds is 5. The van der Waals surface area contributed by atoms with Crippen molar-refractivity contribution in [3.8, 4) is 0 Å². The van der Waals surface area contributed by atoms with Crippen molar-refractivity contribution in [3.05, 3.63) is 57.2 Å². The summed E-state index contributed by atoms with van der Waals surface area (Å²) in [5, 5.41) is 14.1. The van der Waals surface area contributed by atoms with Crippen molar-refractivity contribution in [3.63, 3.8) is 0 Å². The SMILES string of the molecule is Cc1nnc(NC(=O)c2ccccc2SCc2cccs2)s1. The number of hydrogen-bond donors (Lipinski definition) is 1. The Bertz CT molecular complexity index is 768. The van der Waals surface area contributed by atoms with Crippen LogP contribution in [-0.4, -0.2) is 16.1 Å². The van der Waals surface area contributed by atoms with E-state index in [0.29, 0.717) is 10.7 Å². The summed E-state index contributed by atoms with van der Waals surface area (Å²) < 4.78 is 0. The predicted molar refractivity (Wildman–Crippen MR) is 92.9 cm³/mol. The molecule has 1 aromatic carbocycles. The molecule has 1 N–H and O–H groups in total. The fourth-order valence-corrected chi connectivity index (χ4v) is 4.25. The normalized spacial score (nSPS) is 10.6. The van der Waals surface area contributed by atoms with Crippen molar-refractivity contribution in [1.82, 2.24) is 10.2 Å². The second-order valence-electron chi connectivity index (χ2n) is 4.44. The molecule has 4 nitrogen and oxygen atoms in total. The molecule has 0 aliphatic rings. The minimum atomic E-state index is -0.148. The summed E-state index contributed by atoms with van der Waals surface area (Å²) in [6.45, 7) is 1.86. The number of nitrogens with zero attached hydrogens (tertiary/aromatic N) is 2. The van der Waals surface area contributed by atoms with Gasteiger partial charge in [0, 0.05) is 15.5 Å². The van der Waals surface area contributed by atoms with E-state index in [1.165, 1.54) is 16.2 Å². The van der Waals surface area contributed by atoms with Crippen LogP contribution in [0.1, 0.15) is 20.2 Å². The van der Waals surface area contributed by atoms with E-state index in [1.807, 2.05) is 37.3 Å². The van der Waals surface area contributed by atoms with E-state index in [1.54, 1.807) is 23.1 Å². The van der Waals surface area contributed by atoms with Crippen LogP contribution in [0.2, 0.25) is 0 Å². The quantitative estimate of drug-likeness (QED) is 0.693. The molecule has 1 amide bonds. The van der Waals surface area contributed by atoms with Gasteiger partial charge in [0.2, 0.25) is 5.13 Å². The Morgan fingerprint density at radius 1 is 1.23 bits per heavy atom. The fourth-order valence-electron chi connectivity index (χ4n) is 1.84. The lowest BCUT2D eigenvalue weighted by Crippen LogP contribution is -2.12. The van der Waals surface area contributed by atoms with Gasteiger partial charge in [-0.25, -0.2) is 0 Å². The van der Waals surface area contributed by atoms with E-state index in [2.05, 4.69) is 27.0 Å². The number of carbonyl (C=O) groups excluding carboxylic acids is 1. The Labute approximate surface area is 140 Å². The van der Waals surface area contributed by atoms with E-state index < -0.39 is 0 Å². The molecule has 0 atom stereocenters. The molecule has 7 heteroatoms. The second kappa shape index (κ2) is 7.04. The zero-order valence-corrected chi connectivity index (χ0v) is 14.2. The molecule has 3 aromatic rings. The molecule has 0 aliphatic heterocycles. The highest BCUT2D eigenvalue weighted by atomic mass is 32.2. The third-order valence-corrected chi connectivity index (χ3v) is 5.76. The number of carbonyl (C=O) groups is 1. The third-order valence-electron chi connectivity index (χ3n) is 2.83. The topological polar surface area (TPSA) is 54.9 Å². The first-order chi connectivity index (χ1) is 10.7. The van der Waals surface area contributed by atoms with Crippen molar-refractivity contribution in [2.24, 2.45) is 0 Å². The highest BCUT2D eigenvalue weighted by Crippen LogP contribution is 2.28. The van der Waals surface area contributed by atoms with Crippen molar-refractivity contribution < 1.29 is 4.79 Å². The van der Waals surface area contributed by atoms with E-state index in [4.69, 9.17) is 0 Å². The Kier molecular flexibility index (Phi) is 4.87. The molecule has 3 rings (SSSR count). The molecule has 0 saturated carbocycles. The van der Waals surface area contributed by atoms with Crippen LogP contribution in [0.25, 0.3) is 0 Å². The lowest BCUT2D eigenvalue weighted by Gasteiger charge is -2.07. The highest BCUT2D eigenvalue weighted by Gasteiger charge is 2.13. The van der Waals surface area contributed by atoms with Crippen LogP contribution in [0, 0.1) is 6.92 Å². The minimum absolute atomic E-state index is 0.148. The summed E-state index contributed by atoms with van der Waals surface area (Å²) in [7, 11) is 0. The maximum Gasteiger partial charge on any atom is 0.258 e. The van der Waals surface area contributed by atoms with Crippen molar-refractivity contribution in [1.29, 1.82) is 0 Å². The number of anilines is 1. The molecule has 0 unspecified atom stereocenters. The molecule has 22 heavy (non-hydrogen) atoms. The molecule has 0 fully saturated rings. The molecule has 0 radical (unpaired) electrons. The molecule has 0 saturated heterocycles. The average molecular weight is 347 g/mol. The Morgan fingerprint density at radius 3 is 2.82 bits per heavy atom. The number of nitrogens with one attached hydrogen (secondary N) is 1. The van der Waals surface area contributed by atoms with Crippen molar-refractivity contribution >= 4 is 45.5 Å². The first-order valence-corrected chi connectivity index (χ1v) is 9.26. The Morgan fingerprint density at radius 2 is 2.09 bits per heavy atom. The van der Waals surface area contributed by atoms with Gasteiger partial charge >= 0.3 is 0 Å². The summed E-state index contributed by atoms with van der Waals surface area (Å²) in [5.41, 5.74) is 0.664. The van der Waals surface area contributed by atoms with Gasteiger partial charge in [-0.3, -0.25) is 10.1 Å². The van der Waals surface area contributed by atoms with Gasteiger partial charge in [-0.2, -0.15) is 0 Å². The zero-order chi connectivity index (χ0) is 15.4. The van der Waals surface area contributed by atoms with E-state index in [0.717, 1.165) is 15.7 Å². The standard InChI is InChI=1S/C15H13N3OS3/c1-10-17-18-15(22-10)16-14(19)12-6-2-3-7-13(12)21-9-11-5-4-8-20-11/h2-8H,9H2,1H3,(H,16,18,19). The Balaban J connectivity index is 1.73. The van der Waals surface area contributed by atoms with Crippen LogP contribution in [0.4, 0.5) is 5.13 Å². The number of thiophene rings is 1. The number of hydrogen-bond acceptors (Lipinski definition) is 6. The summed E-state index contributed by atoms with van der Waals surface area (Å²) in [4.78, 5) is 14.7. The van der Waals surface area contributed by atoms with E-state index in [9.17, 15) is 4.79 Å². The summed E-state index contributed by atoms with van der Waals surface area (Å²) in [6, 6.07) is 11.8. The smallest absolute Gasteiger partial charge is 0.258 e. The van der Waals surface area contributed by atoms with Crippen LogP contribution < -0.4 is 5.32 Å². The van der Waals surface area contributed by atoms with Gasteiger partial charge in [0.05, 0.1) is 5.56 Å². The molecule has 0 spiro atoms. The number of aromatic nitrogens is 2. The predicted octanol–water partition coefficient (Wildman–Crippen LogP) is 4.45. The van der Waals surface area contributed by atoms with Crippen LogP contribution in [-0.2, 0) is 5.75 Å². The van der Waals surface area contributed by atoms with Gasteiger partial charge in [-0.15, -0.1) is 33.3 Å². The monoisotopic (exact) mass is 347 g/mol. The summed E-state index contributed by atoms with van der Waals surface area (Å²) in [6.07, 6.45) is 0. The van der Waals surface area contributed by atoms with Crippen molar-refractivity contribution in [2.45, 2.75) is 17.6 Å². The molecule has 0 bridgehead atoms. The minimum Gasteiger partial charge on any atom is -0.296 e. The molecule has 2 aromatic heterocycles. The molecule has 0 aliphatic carbocycles. The number of thioether (sulfide) groups is 1. The summed E-state index contributed by atoms with van der Waals surface area (Å²) >= 11 is 4.76. The van der Waals surface area contributed by atoms with Gasteiger partial charge in [0.1, 0.15) is 5.01 Å². The fraction of sp³-hybridized carbons (Fsp3) is 0.133.